The fraction of sp³-hybridized carbons (Fsp3) is 0.571. The van der Waals surface area contributed by atoms with Gasteiger partial charge < -0.3 is 4.74 Å². The lowest BCUT2D eigenvalue weighted by Crippen LogP contribution is -2.02. The Kier molecular flexibility index (Phi) is 5.33. The highest BCUT2D eigenvalue weighted by atomic mass is 32.2. The lowest BCUT2D eigenvalue weighted by Gasteiger charge is -1.96. The van der Waals surface area contributed by atoms with Crippen molar-refractivity contribution in [1.82, 2.24) is 0 Å². The molecule has 0 rings (SSSR count). The molecule has 0 N–H and O–H groups in total. The number of rotatable bonds is 5. The molecule has 0 saturated heterocycles. The zero-order valence-electron chi connectivity index (χ0n) is 7.52. The van der Waals surface area contributed by atoms with Crippen LogP contribution in [0.2, 0.25) is 0 Å². The second-order valence-electron chi connectivity index (χ2n) is 2.26. The molecule has 0 radical (unpaired) electrons. The SMILES string of the molecule is CC(=O)OC/C=C/COS(C)(=O)=O. The van der Waals surface area contributed by atoms with Crippen molar-refractivity contribution >= 4 is 16.1 Å². The lowest BCUT2D eigenvalue weighted by atomic mass is 10.5. The van der Waals surface area contributed by atoms with Gasteiger partial charge in [0, 0.05) is 6.92 Å². The molecule has 0 spiro atoms. The first kappa shape index (κ1) is 12.1. The number of ether oxygens (including phenoxy) is 1. The average molecular weight is 208 g/mol. The number of esters is 1. The van der Waals surface area contributed by atoms with Crippen LogP contribution in [-0.2, 0) is 23.8 Å². The van der Waals surface area contributed by atoms with Crippen LogP contribution >= 0.6 is 0 Å². The van der Waals surface area contributed by atoms with E-state index in [0.717, 1.165) is 6.26 Å². The zero-order valence-corrected chi connectivity index (χ0v) is 8.33. The predicted molar refractivity (Wildman–Crippen MR) is 46.6 cm³/mol. The Hall–Kier alpha value is -0.880. The van der Waals surface area contributed by atoms with Crippen LogP contribution in [0.3, 0.4) is 0 Å². The smallest absolute Gasteiger partial charge is 0.302 e. The van der Waals surface area contributed by atoms with Crippen LogP contribution in [0.25, 0.3) is 0 Å². The molecule has 0 aliphatic heterocycles. The van der Waals surface area contributed by atoms with Gasteiger partial charge in [-0.3, -0.25) is 8.98 Å². The van der Waals surface area contributed by atoms with Crippen molar-refractivity contribution in [3.8, 4) is 0 Å². The van der Waals surface area contributed by atoms with Crippen LogP contribution < -0.4 is 0 Å². The first-order valence-electron chi connectivity index (χ1n) is 3.54. The van der Waals surface area contributed by atoms with E-state index in [9.17, 15) is 13.2 Å². The second kappa shape index (κ2) is 5.71. The van der Waals surface area contributed by atoms with Gasteiger partial charge in [0.2, 0.25) is 0 Å². The molecular formula is C7H12O5S. The van der Waals surface area contributed by atoms with Gasteiger partial charge in [0.05, 0.1) is 12.9 Å². The first-order valence-corrected chi connectivity index (χ1v) is 5.36. The van der Waals surface area contributed by atoms with E-state index in [1.807, 2.05) is 0 Å². The summed E-state index contributed by atoms with van der Waals surface area (Å²) >= 11 is 0. The topological polar surface area (TPSA) is 69.7 Å². The largest absolute Gasteiger partial charge is 0.462 e. The van der Waals surface area contributed by atoms with Crippen LogP contribution in [0.5, 0.6) is 0 Å². The molecule has 0 fully saturated rings. The Bertz CT molecular complexity index is 277. The molecule has 0 heterocycles. The molecule has 0 aromatic carbocycles. The van der Waals surface area contributed by atoms with Crippen LogP contribution in [-0.4, -0.2) is 33.9 Å². The monoisotopic (exact) mass is 208 g/mol. The highest BCUT2D eigenvalue weighted by Crippen LogP contribution is 1.87. The van der Waals surface area contributed by atoms with Gasteiger partial charge in [-0.15, -0.1) is 0 Å². The quantitative estimate of drug-likeness (QED) is 0.363. The fourth-order valence-electron chi connectivity index (χ4n) is 0.464. The van der Waals surface area contributed by atoms with Gasteiger partial charge in [0.1, 0.15) is 6.61 Å². The third kappa shape index (κ3) is 11.1. The van der Waals surface area contributed by atoms with Crippen LogP contribution in [0.15, 0.2) is 12.2 Å². The normalized spacial score (nSPS) is 11.8. The molecule has 13 heavy (non-hydrogen) atoms. The Labute approximate surface area is 77.5 Å². The number of carbonyl (C=O) groups is 1. The van der Waals surface area contributed by atoms with Gasteiger partial charge in [0.25, 0.3) is 10.1 Å². The third-order valence-electron chi connectivity index (χ3n) is 0.928. The van der Waals surface area contributed by atoms with E-state index < -0.39 is 10.1 Å². The molecular weight excluding hydrogens is 196 g/mol. The van der Waals surface area contributed by atoms with Crippen LogP contribution in [0.4, 0.5) is 0 Å². The average Bonchev–Trinajstić information content (AvgIpc) is 1.93. The van der Waals surface area contributed by atoms with E-state index in [1.54, 1.807) is 0 Å². The summed E-state index contributed by atoms with van der Waals surface area (Å²) in [6.45, 7) is 1.38. The van der Waals surface area contributed by atoms with Crippen molar-refractivity contribution in [2.24, 2.45) is 0 Å². The minimum atomic E-state index is -3.39. The Balaban J connectivity index is 3.49. The van der Waals surface area contributed by atoms with Gasteiger partial charge in [-0.25, -0.2) is 0 Å². The summed E-state index contributed by atoms with van der Waals surface area (Å²) in [5.41, 5.74) is 0. The molecule has 0 aromatic rings. The van der Waals surface area contributed by atoms with Crippen molar-refractivity contribution < 1.29 is 22.1 Å². The molecule has 0 atom stereocenters. The molecule has 0 amide bonds. The minimum Gasteiger partial charge on any atom is -0.462 e. The Morgan fingerprint density at radius 3 is 2.31 bits per heavy atom. The summed E-state index contributed by atoms with van der Waals surface area (Å²) in [6, 6.07) is 0. The maximum absolute atomic E-state index is 10.4. The van der Waals surface area contributed by atoms with E-state index in [4.69, 9.17) is 0 Å². The lowest BCUT2D eigenvalue weighted by molar-refractivity contribution is -0.139. The van der Waals surface area contributed by atoms with Crippen molar-refractivity contribution in [2.45, 2.75) is 6.92 Å². The van der Waals surface area contributed by atoms with Crippen LogP contribution in [0.1, 0.15) is 6.92 Å². The van der Waals surface area contributed by atoms with Crippen LogP contribution in [0, 0.1) is 0 Å². The van der Waals surface area contributed by atoms with Crippen molar-refractivity contribution in [2.75, 3.05) is 19.5 Å². The van der Waals surface area contributed by atoms with Gasteiger partial charge >= 0.3 is 5.97 Å². The fourth-order valence-corrected chi connectivity index (χ4v) is 0.790. The number of carbonyl (C=O) groups excluding carboxylic acids is 1. The van der Waals surface area contributed by atoms with Crippen molar-refractivity contribution in [1.29, 1.82) is 0 Å². The van der Waals surface area contributed by atoms with Crippen molar-refractivity contribution in [3.63, 3.8) is 0 Å². The molecule has 0 saturated carbocycles. The Morgan fingerprint density at radius 1 is 1.31 bits per heavy atom. The number of hydrogen-bond donors (Lipinski definition) is 0. The molecule has 0 aromatic heterocycles. The predicted octanol–water partition coefficient (Wildman–Crippen LogP) is 0.0819. The Morgan fingerprint density at radius 2 is 1.85 bits per heavy atom. The maximum atomic E-state index is 10.4. The van der Waals surface area contributed by atoms with E-state index in [0.29, 0.717) is 0 Å². The first-order chi connectivity index (χ1) is 5.92. The summed E-state index contributed by atoms with van der Waals surface area (Å²) in [5.74, 6) is -0.381. The molecule has 5 nitrogen and oxygen atoms in total. The highest BCUT2D eigenvalue weighted by molar-refractivity contribution is 7.85. The van der Waals surface area contributed by atoms with Gasteiger partial charge in [0.15, 0.2) is 0 Å². The second-order valence-corrected chi connectivity index (χ2v) is 3.91. The summed E-state index contributed by atoms with van der Waals surface area (Å²) < 4.78 is 29.8. The summed E-state index contributed by atoms with van der Waals surface area (Å²) in [5, 5.41) is 0. The molecule has 6 heteroatoms. The van der Waals surface area contributed by atoms with Gasteiger partial charge in [-0.1, -0.05) is 6.08 Å². The molecule has 0 unspecified atom stereocenters. The van der Waals surface area contributed by atoms with E-state index >= 15 is 0 Å². The van der Waals surface area contributed by atoms with E-state index in [-0.39, 0.29) is 19.2 Å². The number of hydrogen-bond acceptors (Lipinski definition) is 5. The standard InChI is InChI=1S/C7H12O5S/c1-7(8)11-5-3-4-6-12-13(2,9)10/h3-4H,5-6H2,1-2H3/b4-3+. The summed E-state index contributed by atoms with van der Waals surface area (Å²) in [4.78, 5) is 10.3. The van der Waals surface area contributed by atoms with Crippen molar-refractivity contribution in [3.05, 3.63) is 12.2 Å². The minimum absolute atomic E-state index is 0.0416. The molecule has 0 aliphatic carbocycles. The van der Waals surface area contributed by atoms with Gasteiger partial charge in [-0.2, -0.15) is 8.42 Å². The highest BCUT2D eigenvalue weighted by Gasteiger charge is 1.97. The summed E-state index contributed by atoms with van der Waals surface area (Å²) in [7, 11) is -3.39. The molecule has 0 bridgehead atoms. The molecule has 0 aliphatic rings. The maximum Gasteiger partial charge on any atom is 0.302 e. The zero-order chi connectivity index (χ0) is 10.3. The van der Waals surface area contributed by atoms with E-state index in [2.05, 4.69) is 8.92 Å². The van der Waals surface area contributed by atoms with E-state index in [1.165, 1.54) is 19.1 Å². The van der Waals surface area contributed by atoms with Gasteiger partial charge in [-0.05, 0) is 6.08 Å². The summed E-state index contributed by atoms with van der Waals surface area (Å²) in [6.07, 6.45) is 3.93. The molecule has 76 valence electrons. The third-order valence-corrected chi connectivity index (χ3v) is 1.49.